The van der Waals surface area contributed by atoms with Gasteiger partial charge in [0.05, 0.1) is 5.69 Å². The SMILES string of the molecule is CCCCCCCCCCN(C)C(=O)c1cc2n(n1)CCCNC2. The molecule has 0 bridgehead atoms. The van der Waals surface area contributed by atoms with E-state index in [9.17, 15) is 4.79 Å². The van der Waals surface area contributed by atoms with Gasteiger partial charge in [0.25, 0.3) is 5.91 Å². The molecule has 0 spiro atoms. The minimum atomic E-state index is 0.0542. The summed E-state index contributed by atoms with van der Waals surface area (Å²) in [6, 6.07) is 1.95. The van der Waals surface area contributed by atoms with Crippen molar-refractivity contribution in [3.05, 3.63) is 17.5 Å². The zero-order valence-electron chi connectivity index (χ0n) is 15.5. The highest BCUT2D eigenvalue weighted by Crippen LogP contribution is 2.12. The molecule has 5 heteroatoms. The molecule has 2 heterocycles. The van der Waals surface area contributed by atoms with Crippen LogP contribution in [0, 0.1) is 0 Å². The lowest BCUT2D eigenvalue weighted by Gasteiger charge is -2.15. The van der Waals surface area contributed by atoms with Crippen molar-refractivity contribution in [2.24, 2.45) is 0 Å². The van der Waals surface area contributed by atoms with Crippen LogP contribution in [0.2, 0.25) is 0 Å². The molecule has 1 aromatic rings. The Kier molecular flexibility index (Phi) is 8.29. The van der Waals surface area contributed by atoms with E-state index < -0.39 is 0 Å². The highest BCUT2D eigenvalue weighted by atomic mass is 16.2. The predicted octanol–water partition coefficient (Wildman–Crippen LogP) is 3.59. The van der Waals surface area contributed by atoms with Gasteiger partial charge in [0, 0.05) is 26.7 Å². The van der Waals surface area contributed by atoms with E-state index >= 15 is 0 Å². The summed E-state index contributed by atoms with van der Waals surface area (Å²) in [5.41, 5.74) is 1.71. The smallest absolute Gasteiger partial charge is 0.274 e. The lowest BCUT2D eigenvalue weighted by atomic mass is 10.1. The highest BCUT2D eigenvalue weighted by Gasteiger charge is 2.18. The average Bonchev–Trinajstić information content (AvgIpc) is 2.87. The van der Waals surface area contributed by atoms with Crippen LogP contribution in [0.5, 0.6) is 0 Å². The third-order valence-electron chi connectivity index (χ3n) is 4.81. The Balaban J connectivity index is 1.67. The second-order valence-electron chi connectivity index (χ2n) is 6.98. The molecular formula is C19H34N4O. The molecular weight excluding hydrogens is 300 g/mol. The fraction of sp³-hybridized carbons (Fsp3) is 0.789. The van der Waals surface area contributed by atoms with E-state index in [1.165, 1.54) is 44.9 Å². The molecule has 24 heavy (non-hydrogen) atoms. The van der Waals surface area contributed by atoms with Gasteiger partial charge >= 0.3 is 0 Å². The Morgan fingerprint density at radius 3 is 2.67 bits per heavy atom. The second-order valence-corrected chi connectivity index (χ2v) is 6.98. The molecule has 0 aromatic carbocycles. The van der Waals surface area contributed by atoms with Gasteiger partial charge in [-0.3, -0.25) is 9.48 Å². The molecule has 1 amide bonds. The summed E-state index contributed by atoms with van der Waals surface area (Å²) in [7, 11) is 1.90. The van der Waals surface area contributed by atoms with Crippen molar-refractivity contribution in [2.75, 3.05) is 20.1 Å². The molecule has 1 aliphatic rings. The monoisotopic (exact) mass is 334 g/mol. The van der Waals surface area contributed by atoms with Crippen molar-refractivity contribution in [2.45, 2.75) is 77.8 Å². The summed E-state index contributed by atoms with van der Waals surface area (Å²) in [5.74, 6) is 0.0542. The van der Waals surface area contributed by atoms with Crippen molar-refractivity contribution in [3.8, 4) is 0 Å². The molecule has 0 radical (unpaired) electrons. The minimum Gasteiger partial charge on any atom is -0.340 e. The van der Waals surface area contributed by atoms with Crippen LogP contribution in [-0.2, 0) is 13.1 Å². The third kappa shape index (κ3) is 5.93. The molecule has 0 saturated heterocycles. The van der Waals surface area contributed by atoms with E-state index in [4.69, 9.17) is 0 Å². The van der Waals surface area contributed by atoms with Gasteiger partial charge in [0.2, 0.25) is 0 Å². The average molecular weight is 335 g/mol. The number of carbonyl (C=O) groups excluding carboxylic acids is 1. The largest absolute Gasteiger partial charge is 0.340 e. The maximum Gasteiger partial charge on any atom is 0.274 e. The quantitative estimate of drug-likeness (QED) is 0.665. The van der Waals surface area contributed by atoms with Crippen molar-refractivity contribution in [3.63, 3.8) is 0 Å². The third-order valence-corrected chi connectivity index (χ3v) is 4.81. The molecule has 2 rings (SSSR count). The number of nitrogens with one attached hydrogen (secondary N) is 1. The van der Waals surface area contributed by atoms with Gasteiger partial charge in [0.1, 0.15) is 0 Å². The van der Waals surface area contributed by atoms with Crippen LogP contribution >= 0.6 is 0 Å². The first kappa shape index (κ1) is 19.0. The second kappa shape index (κ2) is 10.5. The van der Waals surface area contributed by atoms with Gasteiger partial charge in [-0.15, -0.1) is 0 Å². The lowest BCUT2D eigenvalue weighted by molar-refractivity contribution is 0.0785. The zero-order valence-corrected chi connectivity index (χ0v) is 15.5. The van der Waals surface area contributed by atoms with Gasteiger partial charge in [-0.05, 0) is 25.5 Å². The summed E-state index contributed by atoms with van der Waals surface area (Å²) >= 11 is 0. The number of nitrogens with zero attached hydrogens (tertiary/aromatic N) is 3. The lowest BCUT2D eigenvalue weighted by Crippen LogP contribution is -2.28. The number of rotatable bonds is 10. The van der Waals surface area contributed by atoms with E-state index in [-0.39, 0.29) is 5.91 Å². The number of carbonyl (C=O) groups is 1. The van der Waals surface area contributed by atoms with Crippen LogP contribution in [0.25, 0.3) is 0 Å². The van der Waals surface area contributed by atoms with Crippen molar-refractivity contribution >= 4 is 5.91 Å². The molecule has 136 valence electrons. The Morgan fingerprint density at radius 2 is 1.92 bits per heavy atom. The normalized spacial score (nSPS) is 14.2. The van der Waals surface area contributed by atoms with Crippen LogP contribution in [0.15, 0.2) is 6.07 Å². The molecule has 1 aromatic heterocycles. The van der Waals surface area contributed by atoms with E-state index in [2.05, 4.69) is 17.3 Å². The van der Waals surface area contributed by atoms with Crippen LogP contribution in [0.4, 0.5) is 0 Å². The van der Waals surface area contributed by atoms with Gasteiger partial charge in [-0.1, -0.05) is 51.9 Å². The van der Waals surface area contributed by atoms with Crippen LogP contribution in [-0.4, -0.2) is 40.7 Å². The predicted molar refractivity (Wildman–Crippen MR) is 98.1 cm³/mol. The van der Waals surface area contributed by atoms with E-state index in [1.54, 1.807) is 0 Å². The van der Waals surface area contributed by atoms with Crippen molar-refractivity contribution in [1.29, 1.82) is 0 Å². The minimum absolute atomic E-state index is 0.0542. The highest BCUT2D eigenvalue weighted by molar-refractivity contribution is 5.92. The van der Waals surface area contributed by atoms with Crippen molar-refractivity contribution < 1.29 is 4.79 Å². The first-order valence-corrected chi connectivity index (χ1v) is 9.75. The summed E-state index contributed by atoms with van der Waals surface area (Å²) in [4.78, 5) is 14.3. The summed E-state index contributed by atoms with van der Waals surface area (Å²) in [6.07, 6.45) is 11.4. The standard InChI is InChI=1S/C19H34N4O/c1-3-4-5-6-7-8-9-10-13-22(2)19(24)18-15-17-16-20-12-11-14-23(17)21-18/h15,20H,3-14,16H2,1-2H3. The molecule has 0 fully saturated rings. The number of aromatic nitrogens is 2. The number of hydrogen-bond acceptors (Lipinski definition) is 3. The van der Waals surface area contributed by atoms with E-state index in [0.29, 0.717) is 5.69 Å². The van der Waals surface area contributed by atoms with Gasteiger partial charge in [-0.25, -0.2) is 0 Å². The number of aryl methyl sites for hydroxylation is 1. The molecule has 5 nitrogen and oxygen atoms in total. The molecule has 0 atom stereocenters. The topological polar surface area (TPSA) is 50.2 Å². The molecule has 0 unspecified atom stereocenters. The fourth-order valence-corrected chi connectivity index (χ4v) is 3.25. The van der Waals surface area contributed by atoms with Gasteiger partial charge in [0.15, 0.2) is 5.69 Å². The van der Waals surface area contributed by atoms with E-state index in [1.807, 2.05) is 22.7 Å². The van der Waals surface area contributed by atoms with Crippen molar-refractivity contribution in [1.82, 2.24) is 20.0 Å². The fourth-order valence-electron chi connectivity index (χ4n) is 3.25. The summed E-state index contributed by atoms with van der Waals surface area (Å²) in [6.45, 7) is 5.81. The number of fused-ring (bicyclic) bond motifs is 1. The summed E-state index contributed by atoms with van der Waals surface area (Å²) < 4.78 is 1.98. The molecule has 0 aliphatic carbocycles. The van der Waals surface area contributed by atoms with Crippen LogP contribution in [0.1, 0.15) is 80.9 Å². The Hall–Kier alpha value is -1.36. The maximum atomic E-state index is 12.5. The first-order valence-electron chi connectivity index (χ1n) is 9.75. The molecule has 1 N–H and O–H groups in total. The van der Waals surface area contributed by atoms with Crippen LogP contribution < -0.4 is 5.32 Å². The van der Waals surface area contributed by atoms with E-state index in [0.717, 1.165) is 44.7 Å². The number of hydrogen-bond donors (Lipinski definition) is 1. The maximum absolute atomic E-state index is 12.5. The summed E-state index contributed by atoms with van der Waals surface area (Å²) in [5, 5.41) is 7.87. The Labute approximate surface area is 146 Å². The van der Waals surface area contributed by atoms with Gasteiger partial charge in [-0.2, -0.15) is 5.10 Å². The Morgan fingerprint density at radius 1 is 1.21 bits per heavy atom. The van der Waals surface area contributed by atoms with Gasteiger partial charge < -0.3 is 10.2 Å². The number of unbranched alkanes of at least 4 members (excludes halogenated alkanes) is 7. The van der Waals surface area contributed by atoms with Crippen LogP contribution in [0.3, 0.4) is 0 Å². The first-order chi connectivity index (χ1) is 11.7. The number of amides is 1. The Bertz CT molecular complexity index is 474. The zero-order chi connectivity index (χ0) is 17.2. The molecule has 1 aliphatic heterocycles. The molecule has 0 saturated carbocycles.